The van der Waals surface area contributed by atoms with Gasteiger partial charge >= 0.3 is 0 Å². The number of rotatable bonds is 13. The van der Waals surface area contributed by atoms with E-state index in [4.69, 9.17) is 10.1 Å². The van der Waals surface area contributed by atoms with Gasteiger partial charge < -0.3 is 9.64 Å². The van der Waals surface area contributed by atoms with E-state index in [0.29, 0.717) is 12.4 Å². The van der Waals surface area contributed by atoms with Crippen LogP contribution in [0.3, 0.4) is 0 Å². The Morgan fingerprint density at radius 2 is 1.72 bits per heavy atom. The molecular weight excluding hydrogens is 392 g/mol. The van der Waals surface area contributed by atoms with Gasteiger partial charge in [-0.1, -0.05) is 77.3 Å². The molecular formula is C29H36N2O. The Hall–Kier alpha value is -3.33. The summed E-state index contributed by atoms with van der Waals surface area (Å²) in [5, 5.41) is 8.84. The van der Waals surface area contributed by atoms with Gasteiger partial charge in [0.2, 0.25) is 0 Å². The van der Waals surface area contributed by atoms with E-state index in [2.05, 4.69) is 46.2 Å². The fraction of sp³-hybridized carbons (Fsp3) is 0.276. The first kappa shape index (κ1) is 24.9. The van der Waals surface area contributed by atoms with Crippen LogP contribution in [0.4, 0.5) is 0 Å². The molecule has 0 saturated heterocycles. The predicted molar refractivity (Wildman–Crippen MR) is 139 cm³/mol. The van der Waals surface area contributed by atoms with E-state index in [1.807, 2.05) is 53.5 Å². The van der Waals surface area contributed by atoms with Crippen molar-refractivity contribution >= 4 is 18.0 Å². The molecule has 1 unspecified atom stereocenters. The van der Waals surface area contributed by atoms with E-state index in [1.165, 1.54) is 0 Å². The van der Waals surface area contributed by atoms with Gasteiger partial charge in [0.05, 0.1) is 0 Å². The van der Waals surface area contributed by atoms with E-state index >= 15 is 0 Å². The minimum absolute atomic E-state index is 0.237. The van der Waals surface area contributed by atoms with Crippen molar-refractivity contribution in [1.82, 2.24) is 4.90 Å². The molecule has 168 valence electrons. The first-order valence-electron chi connectivity index (χ1n) is 11.3. The molecule has 0 aliphatic rings. The zero-order chi connectivity index (χ0) is 23.5. The van der Waals surface area contributed by atoms with Crippen LogP contribution in [-0.4, -0.2) is 16.8 Å². The molecule has 2 aromatic rings. The van der Waals surface area contributed by atoms with Crippen molar-refractivity contribution in [3.05, 3.63) is 103 Å². The molecule has 3 heteroatoms. The van der Waals surface area contributed by atoms with Crippen molar-refractivity contribution in [3.63, 3.8) is 0 Å². The second-order valence-electron chi connectivity index (χ2n) is 7.80. The van der Waals surface area contributed by atoms with Crippen LogP contribution in [0.2, 0.25) is 0 Å². The number of ether oxygens (including phenoxy) is 1. The van der Waals surface area contributed by atoms with Crippen LogP contribution in [0.5, 0.6) is 5.75 Å². The third kappa shape index (κ3) is 6.34. The average Bonchev–Trinajstić information content (AvgIpc) is 2.84. The Kier molecular flexibility index (Phi) is 9.75. The summed E-state index contributed by atoms with van der Waals surface area (Å²) >= 11 is 0. The van der Waals surface area contributed by atoms with Crippen LogP contribution in [0.1, 0.15) is 61.8 Å². The highest BCUT2D eigenvalue weighted by atomic mass is 16.5. The molecule has 0 aromatic heterocycles. The number of hydrogen-bond acceptors (Lipinski definition) is 2. The normalized spacial score (nSPS) is 11.3. The highest BCUT2D eigenvalue weighted by Crippen LogP contribution is 2.23. The second-order valence-corrected chi connectivity index (χ2v) is 7.80. The molecule has 0 heterocycles. The SMILES string of the molecule is C=CC(=C)N(C(=N)c1ccc(OCc2ccc(C=C)c(C=C)c2)cc1)C(CC)CCCC. The van der Waals surface area contributed by atoms with Gasteiger partial charge in [0.15, 0.2) is 0 Å². The number of hydrogen-bond donors (Lipinski definition) is 1. The van der Waals surface area contributed by atoms with Gasteiger partial charge in [0.1, 0.15) is 18.2 Å². The van der Waals surface area contributed by atoms with Gasteiger partial charge in [-0.25, -0.2) is 0 Å². The Bertz CT molecular complexity index is 956. The summed E-state index contributed by atoms with van der Waals surface area (Å²) in [7, 11) is 0. The summed E-state index contributed by atoms with van der Waals surface area (Å²) in [6, 6.07) is 14.1. The van der Waals surface area contributed by atoms with E-state index in [0.717, 1.165) is 59.4 Å². The van der Waals surface area contributed by atoms with Crippen LogP contribution in [0.25, 0.3) is 12.2 Å². The molecule has 2 aromatic carbocycles. The maximum atomic E-state index is 8.84. The molecule has 0 aliphatic heterocycles. The summed E-state index contributed by atoms with van der Waals surface area (Å²) < 4.78 is 5.97. The van der Waals surface area contributed by atoms with Crippen LogP contribution in [0, 0.1) is 5.41 Å². The number of unbranched alkanes of at least 4 members (excludes halogenated alkanes) is 1. The molecule has 0 radical (unpaired) electrons. The third-order valence-corrected chi connectivity index (χ3v) is 5.64. The van der Waals surface area contributed by atoms with E-state index in [-0.39, 0.29) is 6.04 Å². The molecule has 2 rings (SSSR count). The minimum Gasteiger partial charge on any atom is -0.489 e. The standard InChI is InChI=1S/C29H36N2O/c1-7-12-13-27(11-5)31(22(6)8-2)29(30)26-16-18-28(19-17-26)32-21-23-14-15-24(9-3)25(10-4)20-23/h8-10,14-20,27,30H,2-4,6-7,11-13,21H2,1,5H3. The Morgan fingerprint density at radius 1 is 1.03 bits per heavy atom. The molecule has 0 spiro atoms. The van der Waals surface area contributed by atoms with Crippen LogP contribution < -0.4 is 4.74 Å². The largest absolute Gasteiger partial charge is 0.489 e. The summed E-state index contributed by atoms with van der Waals surface area (Å²) in [6.07, 6.45) is 9.62. The molecule has 0 fully saturated rings. The van der Waals surface area contributed by atoms with Gasteiger partial charge in [-0.2, -0.15) is 0 Å². The van der Waals surface area contributed by atoms with Crippen LogP contribution in [0.15, 0.2) is 80.6 Å². The van der Waals surface area contributed by atoms with E-state index in [1.54, 1.807) is 6.08 Å². The lowest BCUT2D eigenvalue weighted by atomic mass is 10.0. The second kappa shape index (κ2) is 12.5. The fourth-order valence-corrected chi connectivity index (χ4v) is 3.71. The lowest BCUT2D eigenvalue weighted by Crippen LogP contribution is -2.38. The number of nitrogens with one attached hydrogen (secondary N) is 1. The minimum atomic E-state index is 0.237. The van der Waals surface area contributed by atoms with E-state index in [9.17, 15) is 0 Å². The number of benzene rings is 2. The lowest BCUT2D eigenvalue weighted by Gasteiger charge is -2.34. The summed E-state index contributed by atoms with van der Waals surface area (Å²) in [5.74, 6) is 1.21. The van der Waals surface area contributed by atoms with Crippen LogP contribution >= 0.6 is 0 Å². The Labute approximate surface area is 193 Å². The van der Waals surface area contributed by atoms with E-state index < -0.39 is 0 Å². The molecule has 3 nitrogen and oxygen atoms in total. The highest BCUT2D eigenvalue weighted by Gasteiger charge is 2.22. The van der Waals surface area contributed by atoms with Gasteiger partial charge in [-0.05, 0) is 65.9 Å². The number of allylic oxidation sites excluding steroid dienone is 1. The Morgan fingerprint density at radius 3 is 2.28 bits per heavy atom. The fourth-order valence-electron chi connectivity index (χ4n) is 3.71. The summed E-state index contributed by atoms with van der Waals surface area (Å²) in [4.78, 5) is 2.01. The van der Waals surface area contributed by atoms with Gasteiger partial charge in [0.25, 0.3) is 0 Å². The van der Waals surface area contributed by atoms with Crippen molar-refractivity contribution in [2.45, 2.75) is 52.2 Å². The van der Waals surface area contributed by atoms with Crippen molar-refractivity contribution in [2.75, 3.05) is 0 Å². The average molecular weight is 429 g/mol. The first-order valence-corrected chi connectivity index (χ1v) is 11.3. The number of amidine groups is 1. The monoisotopic (exact) mass is 428 g/mol. The van der Waals surface area contributed by atoms with Gasteiger partial charge in [-0.3, -0.25) is 5.41 Å². The smallest absolute Gasteiger partial charge is 0.132 e. The van der Waals surface area contributed by atoms with Crippen molar-refractivity contribution < 1.29 is 4.74 Å². The third-order valence-electron chi connectivity index (χ3n) is 5.64. The lowest BCUT2D eigenvalue weighted by molar-refractivity contribution is 0.306. The zero-order valence-electron chi connectivity index (χ0n) is 19.6. The predicted octanol–water partition coefficient (Wildman–Crippen LogP) is 7.85. The maximum absolute atomic E-state index is 8.84. The van der Waals surface area contributed by atoms with Crippen LogP contribution in [-0.2, 0) is 6.61 Å². The summed E-state index contributed by atoms with van der Waals surface area (Å²) in [5.41, 5.74) is 4.76. The van der Waals surface area contributed by atoms with Crippen molar-refractivity contribution in [2.24, 2.45) is 0 Å². The zero-order valence-corrected chi connectivity index (χ0v) is 19.6. The molecule has 0 aliphatic carbocycles. The van der Waals surface area contributed by atoms with Gasteiger partial charge in [-0.15, -0.1) is 0 Å². The molecule has 0 amide bonds. The molecule has 0 bridgehead atoms. The first-order chi connectivity index (χ1) is 15.5. The molecule has 1 N–H and O–H groups in total. The number of nitrogens with zero attached hydrogens (tertiary/aromatic N) is 1. The van der Waals surface area contributed by atoms with Crippen molar-refractivity contribution in [3.8, 4) is 5.75 Å². The summed E-state index contributed by atoms with van der Waals surface area (Å²) in [6.45, 7) is 20.5. The maximum Gasteiger partial charge on any atom is 0.132 e. The topological polar surface area (TPSA) is 36.3 Å². The molecule has 32 heavy (non-hydrogen) atoms. The Balaban J connectivity index is 2.13. The molecule has 1 atom stereocenters. The highest BCUT2D eigenvalue weighted by molar-refractivity contribution is 5.98. The quantitative estimate of drug-likeness (QED) is 0.200. The van der Waals surface area contributed by atoms with Crippen molar-refractivity contribution in [1.29, 1.82) is 5.41 Å². The molecule has 0 saturated carbocycles. The van der Waals surface area contributed by atoms with Gasteiger partial charge in [0, 0.05) is 17.3 Å².